The summed E-state index contributed by atoms with van der Waals surface area (Å²) in [6.07, 6.45) is 1.47. The molecule has 0 aliphatic heterocycles. The van der Waals surface area contributed by atoms with Crippen LogP contribution in [0.3, 0.4) is 0 Å². The van der Waals surface area contributed by atoms with Crippen molar-refractivity contribution in [3.05, 3.63) is 93.0 Å². The molecule has 0 aliphatic rings. The van der Waals surface area contributed by atoms with E-state index in [-0.39, 0.29) is 5.57 Å². The maximum Gasteiger partial charge on any atom is 0.266 e. The Bertz CT molecular complexity index is 1240. The number of nitrogens with zero attached hydrogens (tertiary/aromatic N) is 1. The second-order valence-corrected chi connectivity index (χ2v) is 8.09. The number of carbonyl (C=O) groups is 1. The van der Waals surface area contributed by atoms with Crippen LogP contribution in [0.5, 0.6) is 11.5 Å². The van der Waals surface area contributed by atoms with Crippen molar-refractivity contribution in [3.63, 3.8) is 0 Å². The van der Waals surface area contributed by atoms with Crippen LogP contribution in [0.25, 0.3) is 6.08 Å². The van der Waals surface area contributed by atoms with Gasteiger partial charge in [-0.3, -0.25) is 4.79 Å². The Morgan fingerprint density at radius 1 is 1.12 bits per heavy atom. The summed E-state index contributed by atoms with van der Waals surface area (Å²) >= 11 is 6.46. The number of rotatable bonds is 7. The molecule has 0 atom stereocenters. The topological polar surface area (TPSA) is 71.3 Å². The van der Waals surface area contributed by atoms with Crippen molar-refractivity contribution in [1.29, 1.82) is 5.26 Å². The van der Waals surface area contributed by atoms with E-state index in [0.29, 0.717) is 34.4 Å². The van der Waals surface area contributed by atoms with E-state index < -0.39 is 5.91 Å². The van der Waals surface area contributed by atoms with Crippen molar-refractivity contribution in [2.45, 2.75) is 27.4 Å². The quantitative estimate of drug-likeness (QED) is 0.327. The van der Waals surface area contributed by atoms with Gasteiger partial charge in [0.1, 0.15) is 18.2 Å². The predicted octanol–water partition coefficient (Wildman–Crippen LogP) is 6.40. The highest BCUT2D eigenvalue weighted by Crippen LogP contribution is 2.37. The first kappa shape index (κ1) is 23.9. The van der Waals surface area contributed by atoms with Crippen molar-refractivity contribution in [3.8, 4) is 17.6 Å². The maximum atomic E-state index is 12.7. The van der Waals surface area contributed by atoms with Gasteiger partial charge in [-0.05, 0) is 67.3 Å². The molecule has 3 aromatic carbocycles. The second-order valence-electron chi connectivity index (χ2n) is 7.68. The molecule has 1 N–H and O–H groups in total. The summed E-state index contributed by atoms with van der Waals surface area (Å²) < 4.78 is 11.4. The van der Waals surface area contributed by atoms with Crippen LogP contribution in [0, 0.1) is 32.1 Å². The van der Waals surface area contributed by atoms with E-state index in [4.69, 9.17) is 21.1 Å². The number of nitriles is 1. The molecule has 1 amide bonds. The first-order valence-corrected chi connectivity index (χ1v) is 10.8. The number of benzene rings is 3. The highest BCUT2D eigenvalue weighted by atomic mass is 35.5. The molecule has 0 saturated carbocycles. The Hall–Kier alpha value is -3.75. The Morgan fingerprint density at radius 3 is 2.52 bits per heavy atom. The number of ether oxygens (including phenoxy) is 2. The second kappa shape index (κ2) is 10.7. The van der Waals surface area contributed by atoms with Gasteiger partial charge in [-0.25, -0.2) is 0 Å². The highest BCUT2D eigenvalue weighted by Gasteiger charge is 2.15. The minimum atomic E-state index is -0.499. The van der Waals surface area contributed by atoms with Crippen molar-refractivity contribution in [1.82, 2.24) is 0 Å². The lowest BCUT2D eigenvalue weighted by atomic mass is 10.1. The van der Waals surface area contributed by atoms with E-state index in [0.717, 1.165) is 16.7 Å². The summed E-state index contributed by atoms with van der Waals surface area (Å²) in [7, 11) is 1.51. The lowest BCUT2D eigenvalue weighted by Crippen LogP contribution is -2.14. The monoisotopic (exact) mass is 460 g/mol. The van der Waals surface area contributed by atoms with Gasteiger partial charge in [0.2, 0.25) is 0 Å². The van der Waals surface area contributed by atoms with Crippen LogP contribution in [0.15, 0.2) is 60.2 Å². The van der Waals surface area contributed by atoms with Gasteiger partial charge in [-0.2, -0.15) is 5.26 Å². The molecule has 3 rings (SSSR count). The molecule has 5 nitrogen and oxygen atoms in total. The number of hydrogen-bond donors (Lipinski definition) is 1. The zero-order valence-electron chi connectivity index (χ0n) is 19.0. The molecular weight excluding hydrogens is 436 g/mol. The highest BCUT2D eigenvalue weighted by molar-refractivity contribution is 6.32. The summed E-state index contributed by atoms with van der Waals surface area (Å²) in [4.78, 5) is 12.7. The van der Waals surface area contributed by atoms with Crippen molar-refractivity contribution >= 4 is 29.3 Å². The van der Waals surface area contributed by atoms with E-state index in [2.05, 4.69) is 5.32 Å². The van der Waals surface area contributed by atoms with Crippen LogP contribution in [0.4, 0.5) is 5.69 Å². The third kappa shape index (κ3) is 5.94. The molecule has 0 aliphatic carbocycles. The molecule has 0 heterocycles. The fourth-order valence-electron chi connectivity index (χ4n) is 3.19. The molecule has 3 aromatic rings. The Kier molecular flexibility index (Phi) is 7.76. The summed E-state index contributed by atoms with van der Waals surface area (Å²) in [5.74, 6) is 0.310. The standard InChI is InChI=1S/C27H25ClN2O3/c1-17-8-10-20(11-9-17)16-33-26-23(28)13-21(14-25(26)32-4)12-22(15-29)27(31)30-24-7-5-6-18(2)19(24)3/h5-14H,16H2,1-4H3,(H,30,31)/b22-12+. The number of methoxy groups -OCH3 is 1. The van der Waals surface area contributed by atoms with Gasteiger partial charge in [0.05, 0.1) is 12.1 Å². The van der Waals surface area contributed by atoms with Crippen LogP contribution < -0.4 is 14.8 Å². The Balaban J connectivity index is 1.83. The number of amides is 1. The maximum absolute atomic E-state index is 12.7. The minimum Gasteiger partial charge on any atom is -0.493 e. The van der Waals surface area contributed by atoms with Gasteiger partial charge in [0.25, 0.3) is 5.91 Å². The predicted molar refractivity (Wildman–Crippen MR) is 132 cm³/mol. The Labute approximate surface area is 199 Å². The largest absolute Gasteiger partial charge is 0.493 e. The SMILES string of the molecule is COc1cc(/C=C(\C#N)C(=O)Nc2cccc(C)c2C)cc(Cl)c1OCc1ccc(C)cc1. The fourth-order valence-corrected chi connectivity index (χ4v) is 3.47. The van der Waals surface area contributed by atoms with Gasteiger partial charge >= 0.3 is 0 Å². The smallest absolute Gasteiger partial charge is 0.266 e. The number of nitrogens with one attached hydrogen (secondary N) is 1. The van der Waals surface area contributed by atoms with E-state index in [9.17, 15) is 10.1 Å². The minimum absolute atomic E-state index is 0.0534. The van der Waals surface area contributed by atoms with Gasteiger partial charge in [0, 0.05) is 5.69 Å². The summed E-state index contributed by atoms with van der Waals surface area (Å²) in [6.45, 7) is 6.23. The lowest BCUT2D eigenvalue weighted by Gasteiger charge is -2.14. The molecule has 0 bridgehead atoms. The molecule has 0 radical (unpaired) electrons. The van der Waals surface area contributed by atoms with Crippen LogP contribution in [-0.4, -0.2) is 13.0 Å². The summed E-state index contributed by atoms with van der Waals surface area (Å²) in [5.41, 5.74) is 5.32. The molecule has 33 heavy (non-hydrogen) atoms. The zero-order chi connectivity index (χ0) is 24.0. The lowest BCUT2D eigenvalue weighted by molar-refractivity contribution is -0.112. The normalized spacial score (nSPS) is 11.0. The average molecular weight is 461 g/mol. The van der Waals surface area contributed by atoms with E-state index >= 15 is 0 Å². The van der Waals surface area contributed by atoms with E-state index in [1.165, 1.54) is 18.7 Å². The molecule has 168 valence electrons. The molecule has 0 unspecified atom stereocenters. The third-order valence-corrected chi connectivity index (χ3v) is 5.57. The molecular formula is C27H25ClN2O3. The van der Waals surface area contributed by atoms with E-state index in [1.807, 2.05) is 63.2 Å². The van der Waals surface area contributed by atoms with Gasteiger partial charge in [-0.15, -0.1) is 0 Å². The van der Waals surface area contributed by atoms with Gasteiger partial charge in [-0.1, -0.05) is 53.6 Å². The van der Waals surface area contributed by atoms with Crippen molar-refractivity contribution < 1.29 is 14.3 Å². The molecule has 6 heteroatoms. The van der Waals surface area contributed by atoms with Crippen molar-refractivity contribution in [2.75, 3.05) is 12.4 Å². The number of hydrogen-bond acceptors (Lipinski definition) is 4. The Morgan fingerprint density at radius 2 is 1.85 bits per heavy atom. The average Bonchev–Trinajstić information content (AvgIpc) is 2.80. The van der Waals surface area contributed by atoms with Gasteiger partial charge in [0.15, 0.2) is 11.5 Å². The van der Waals surface area contributed by atoms with Crippen LogP contribution in [0.2, 0.25) is 5.02 Å². The third-order valence-electron chi connectivity index (χ3n) is 5.28. The number of aryl methyl sites for hydroxylation is 2. The summed E-state index contributed by atoms with van der Waals surface area (Å²) in [5, 5.41) is 12.7. The van der Waals surface area contributed by atoms with Crippen LogP contribution >= 0.6 is 11.6 Å². The molecule has 0 spiro atoms. The number of halogens is 1. The van der Waals surface area contributed by atoms with Crippen LogP contribution in [0.1, 0.15) is 27.8 Å². The fraction of sp³-hybridized carbons (Fsp3) is 0.185. The summed E-state index contributed by atoms with van der Waals surface area (Å²) in [6, 6.07) is 18.9. The first-order chi connectivity index (χ1) is 15.8. The van der Waals surface area contributed by atoms with E-state index in [1.54, 1.807) is 18.2 Å². The molecule has 0 aromatic heterocycles. The first-order valence-electron chi connectivity index (χ1n) is 10.4. The zero-order valence-corrected chi connectivity index (χ0v) is 19.8. The van der Waals surface area contributed by atoms with Crippen LogP contribution in [-0.2, 0) is 11.4 Å². The van der Waals surface area contributed by atoms with Crippen molar-refractivity contribution in [2.24, 2.45) is 0 Å². The molecule has 0 fully saturated rings. The van der Waals surface area contributed by atoms with Gasteiger partial charge < -0.3 is 14.8 Å². The molecule has 0 saturated heterocycles. The number of carbonyl (C=O) groups excluding carboxylic acids is 1. The number of anilines is 1.